The third-order valence-corrected chi connectivity index (χ3v) is 3.60. The van der Waals surface area contributed by atoms with E-state index in [9.17, 15) is 0 Å². The highest BCUT2D eigenvalue weighted by Crippen LogP contribution is 2.25. The summed E-state index contributed by atoms with van der Waals surface area (Å²) in [5.74, 6) is 0. The third kappa shape index (κ3) is 2.69. The molecule has 2 unspecified atom stereocenters. The van der Waals surface area contributed by atoms with E-state index in [2.05, 4.69) is 12.2 Å². The van der Waals surface area contributed by atoms with Crippen LogP contribution in [0.5, 0.6) is 0 Å². The largest absolute Gasteiger partial charge is 0.380 e. The summed E-state index contributed by atoms with van der Waals surface area (Å²) in [6.07, 6.45) is 4.81. The Hall–Kier alpha value is -0.730. The number of nitrogens with two attached hydrogens (primary N) is 1. The molecular formula is C13H19ClN2. The molecule has 1 aromatic carbocycles. The molecule has 3 heteroatoms. The van der Waals surface area contributed by atoms with Crippen molar-refractivity contribution in [1.82, 2.24) is 0 Å². The van der Waals surface area contributed by atoms with Crippen LogP contribution < -0.4 is 11.1 Å². The Kier molecular flexibility index (Phi) is 3.72. The van der Waals surface area contributed by atoms with Crippen molar-refractivity contribution in [1.29, 1.82) is 0 Å². The molecule has 0 spiro atoms. The average Bonchev–Trinajstić information content (AvgIpc) is 2.27. The molecule has 0 amide bonds. The lowest BCUT2D eigenvalue weighted by Crippen LogP contribution is -2.42. The summed E-state index contributed by atoms with van der Waals surface area (Å²) in [5.41, 5.74) is 8.46. The van der Waals surface area contributed by atoms with Gasteiger partial charge in [-0.3, -0.25) is 0 Å². The molecule has 0 heterocycles. The molecule has 1 fully saturated rings. The molecule has 0 aliphatic heterocycles. The number of anilines is 1. The first kappa shape index (κ1) is 11.7. The maximum Gasteiger partial charge on any atom is 0.0426 e. The first-order valence-corrected chi connectivity index (χ1v) is 6.33. The Labute approximate surface area is 102 Å². The van der Waals surface area contributed by atoms with Crippen LogP contribution in [0.3, 0.4) is 0 Å². The molecule has 0 saturated heterocycles. The third-order valence-electron chi connectivity index (χ3n) is 3.36. The Morgan fingerprint density at radius 2 is 2.06 bits per heavy atom. The lowest BCUT2D eigenvalue weighted by Gasteiger charge is -2.30. The van der Waals surface area contributed by atoms with Gasteiger partial charge in [-0.2, -0.15) is 0 Å². The zero-order chi connectivity index (χ0) is 11.5. The highest BCUT2D eigenvalue weighted by Gasteiger charge is 2.21. The van der Waals surface area contributed by atoms with E-state index in [1.54, 1.807) is 0 Å². The molecule has 1 aliphatic carbocycles. The van der Waals surface area contributed by atoms with Gasteiger partial charge < -0.3 is 11.1 Å². The van der Waals surface area contributed by atoms with E-state index >= 15 is 0 Å². The molecule has 3 N–H and O–H groups in total. The van der Waals surface area contributed by atoms with Gasteiger partial charge in [0.05, 0.1) is 0 Å². The van der Waals surface area contributed by atoms with Crippen molar-refractivity contribution in [2.75, 3.05) is 5.32 Å². The van der Waals surface area contributed by atoms with Crippen molar-refractivity contribution < 1.29 is 0 Å². The zero-order valence-electron chi connectivity index (χ0n) is 9.67. The predicted octanol–water partition coefficient (Wildman–Crippen LogP) is 3.33. The summed E-state index contributed by atoms with van der Waals surface area (Å²) < 4.78 is 0. The number of halogens is 1. The van der Waals surface area contributed by atoms with Crippen molar-refractivity contribution in [2.24, 2.45) is 5.73 Å². The Morgan fingerprint density at radius 3 is 2.81 bits per heavy atom. The average molecular weight is 239 g/mol. The topological polar surface area (TPSA) is 38.0 Å². The quantitative estimate of drug-likeness (QED) is 0.830. The summed E-state index contributed by atoms with van der Waals surface area (Å²) in [4.78, 5) is 0. The van der Waals surface area contributed by atoms with Crippen LogP contribution in [0.15, 0.2) is 18.2 Å². The smallest absolute Gasteiger partial charge is 0.0426 e. The number of nitrogens with one attached hydrogen (secondary N) is 1. The second-order valence-corrected chi connectivity index (χ2v) is 5.09. The second kappa shape index (κ2) is 5.07. The highest BCUT2D eigenvalue weighted by atomic mass is 35.5. The molecule has 0 bridgehead atoms. The van der Waals surface area contributed by atoms with Crippen molar-refractivity contribution in [3.63, 3.8) is 0 Å². The molecule has 1 aromatic rings. The van der Waals surface area contributed by atoms with E-state index < -0.39 is 0 Å². The monoisotopic (exact) mass is 238 g/mol. The van der Waals surface area contributed by atoms with E-state index in [0.29, 0.717) is 6.04 Å². The first-order chi connectivity index (χ1) is 7.66. The van der Waals surface area contributed by atoms with Crippen LogP contribution in [0.1, 0.15) is 31.2 Å². The van der Waals surface area contributed by atoms with Crippen LogP contribution in [0.4, 0.5) is 5.69 Å². The Bertz CT molecular complexity index is 365. The summed E-state index contributed by atoms with van der Waals surface area (Å²) in [6, 6.07) is 6.61. The van der Waals surface area contributed by atoms with Gasteiger partial charge >= 0.3 is 0 Å². The minimum absolute atomic E-state index is 0.270. The van der Waals surface area contributed by atoms with E-state index in [-0.39, 0.29) is 6.04 Å². The standard InChI is InChI=1S/C13H19ClN2/c1-9-6-7-10(14)8-13(9)16-12-5-3-2-4-11(12)15/h6-8,11-12,16H,2-5,15H2,1H3. The van der Waals surface area contributed by atoms with E-state index in [0.717, 1.165) is 23.6 Å². The Balaban J connectivity index is 2.10. The molecule has 88 valence electrons. The van der Waals surface area contributed by atoms with Gasteiger partial charge in [0.1, 0.15) is 0 Å². The zero-order valence-corrected chi connectivity index (χ0v) is 10.4. The van der Waals surface area contributed by atoms with Gasteiger partial charge in [-0.1, -0.05) is 30.5 Å². The molecule has 0 aromatic heterocycles. The van der Waals surface area contributed by atoms with Crippen molar-refractivity contribution >= 4 is 17.3 Å². The van der Waals surface area contributed by atoms with E-state index in [1.807, 2.05) is 18.2 Å². The van der Waals surface area contributed by atoms with Crippen LogP contribution in [0, 0.1) is 6.92 Å². The van der Waals surface area contributed by atoms with Gasteiger partial charge in [0.15, 0.2) is 0 Å². The summed E-state index contributed by atoms with van der Waals surface area (Å²) in [5, 5.41) is 4.31. The van der Waals surface area contributed by atoms with Gasteiger partial charge in [-0.15, -0.1) is 0 Å². The van der Waals surface area contributed by atoms with Crippen molar-refractivity contribution in [2.45, 2.75) is 44.7 Å². The van der Waals surface area contributed by atoms with Crippen LogP contribution in [-0.2, 0) is 0 Å². The summed E-state index contributed by atoms with van der Waals surface area (Å²) >= 11 is 6.00. The van der Waals surface area contributed by atoms with Crippen LogP contribution >= 0.6 is 11.6 Å². The highest BCUT2D eigenvalue weighted by molar-refractivity contribution is 6.30. The molecular weight excluding hydrogens is 220 g/mol. The number of hydrogen-bond acceptors (Lipinski definition) is 2. The van der Waals surface area contributed by atoms with Gasteiger partial charge in [0.2, 0.25) is 0 Å². The number of benzene rings is 1. The van der Waals surface area contributed by atoms with Crippen molar-refractivity contribution in [3.05, 3.63) is 28.8 Å². The molecule has 2 nitrogen and oxygen atoms in total. The normalized spacial score (nSPS) is 25.4. The van der Waals surface area contributed by atoms with Gasteiger partial charge in [-0.25, -0.2) is 0 Å². The fourth-order valence-corrected chi connectivity index (χ4v) is 2.46. The molecule has 16 heavy (non-hydrogen) atoms. The maximum absolute atomic E-state index is 6.12. The van der Waals surface area contributed by atoms with Gasteiger partial charge in [0.25, 0.3) is 0 Å². The summed E-state index contributed by atoms with van der Waals surface area (Å²) in [6.45, 7) is 2.09. The molecule has 1 saturated carbocycles. The fourth-order valence-electron chi connectivity index (χ4n) is 2.29. The van der Waals surface area contributed by atoms with Gasteiger partial charge in [-0.05, 0) is 37.5 Å². The minimum atomic E-state index is 0.270. The summed E-state index contributed by atoms with van der Waals surface area (Å²) in [7, 11) is 0. The fraction of sp³-hybridized carbons (Fsp3) is 0.538. The number of rotatable bonds is 2. The van der Waals surface area contributed by atoms with Crippen molar-refractivity contribution in [3.8, 4) is 0 Å². The maximum atomic E-state index is 6.12. The SMILES string of the molecule is Cc1ccc(Cl)cc1NC1CCCCC1N. The number of aryl methyl sites for hydroxylation is 1. The van der Waals surface area contributed by atoms with Crippen LogP contribution in [0.25, 0.3) is 0 Å². The predicted molar refractivity (Wildman–Crippen MR) is 70.0 cm³/mol. The van der Waals surface area contributed by atoms with Crippen LogP contribution in [0.2, 0.25) is 5.02 Å². The lowest BCUT2D eigenvalue weighted by molar-refractivity contribution is 0.404. The van der Waals surface area contributed by atoms with Gasteiger partial charge in [0, 0.05) is 22.8 Å². The molecule has 0 radical (unpaired) electrons. The molecule has 1 aliphatic rings. The first-order valence-electron chi connectivity index (χ1n) is 5.95. The number of hydrogen-bond donors (Lipinski definition) is 2. The molecule has 2 atom stereocenters. The van der Waals surface area contributed by atoms with E-state index in [4.69, 9.17) is 17.3 Å². The lowest BCUT2D eigenvalue weighted by atomic mass is 9.90. The second-order valence-electron chi connectivity index (χ2n) is 4.66. The van der Waals surface area contributed by atoms with E-state index in [1.165, 1.54) is 18.4 Å². The molecule has 2 rings (SSSR count). The Morgan fingerprint density at radius 1 is 1.31 bits per heavy atom. The van der Waals surface area contributed by atoms with Crippen LogP contribution in [-0.4, -0.2) is 12.1 Å². The minimum Gasteiger partial charge on any atom is -0.380 e.